The van der Waals surface area contributed by atoms with E-state index in [-0.39, 0.29) is 11.4 Å². The summed E-state index contributed by atoms with van der Waals surface area (Å²) in [6.45, 7) is 1.76. The summed E-state index contributed by atoms with van der Waals surface area (Å²) in [4.78, 5) is 14.9. The molecule has 3 atom stereocenters. The number of hydrogen-bond acceptors (Lipinski definition) is 5. The quantitative estimate of drug-likeness (QED) is 0.212. The van der Waals surface area contributed by atoms with Crippen molar-refractivity contribution in [2.75, 3.05) is 13.2 Å². The van der Waals surface area contributed by atoms with Gasteiger partial charge in [0.2, 0.25) is 0 Å². The third kappa shape index (κ3) is 5.04. The number of H-pyrrole nitrogens is 1. The number of aryl methyl sites for hydroxylation is 2. The Balaban J connectivity index is 1.05. The lowest BCUT2D eigenvalue weighted by Crippen LogP contribution is -2.66. The fourth-order valence-electron chi connectivity index (χ4n) is 7.35. The van der Waals surface area contributed by atoms with E-state index in [1.54, 1.807) is 12.1 Å². The smallest absolute Gasteiger partial charge is 0.403 e. The molecule has 1 N–H and O–H groups in total. The van der Waals surface area contributed by atoms with Crippen molar-refractivity contribution in [3.05, 3.63) is 90.4 Å². The summed E-state index contributed by atoms with van der Waals surface area (Å²) < 4.78 is 48.7. The van der Waals surface area contributed by atoms with E-state index in [0.29, 0.717) is 23.7 Å². The van der Waals surface area contributed by atoms with Crippen molar-refractivity contribution in [1.82, 2.24) is 19.9 Å². The van der Waals surface area contributed by atoms with Gasteiger partial charge in [-0.15, -0.1) is 13.2 Å². The van der Waals surface area contributed by atoms with E-state index in [4.69, 9.17) is 9.72 Å². The maximum Gasteiger partial charge on any atom is 0.573 e. The topological polar surface area (TPSA) is 63.3 Å². The third-order valence-corrected chi connectivity index (χ3v) is 9.46. The average Bonchev–Trinajstić information content (AvgIpc) is 3.35. The summed E-state index contributed by atoms with van der Waals surface area (Å²) in [6.07, 6.45) is 6.34. The second-order valence-corrected chi connectivity index (χ2v) is 12.0. The molecule has 0 radical (unpaired) electrons. The molecule has 0 saturated carbocycles. The van der Waals surface area contributed by atoms with Crippen molar-refractivity contribution < 1.29 is 22.6 Å². The van der Waals surface area contributed by atoms with Crippen LogP contribution in [0.3, 0.4) is 0 Å². The van der Waals surface area contributed by atoms with Gasteiger partial charge in [-0.2, -0.15) is 0 Å². The van der Waals surface area contributed by atoms with E-state index in [9.17, 15) is 13.2 Å². The average molecular weight is 597 g/mol. The van der Waals surface area contributed by atoms with E-state index in [1.807, 2.05) is 24.5 Å². The summed E-state index contributed by atoms with van der Waals surface area (Å²) in [5.41, 5.74) is 8.42. The molecular weight excluding hydrogens is 565 g/mol. The van der Waals surface area contributed by atoms with E-state index in [2.05, 4.69) is 43.9 Å². The monoisotopic (exact) mass is 596 g/mol. The molecule has 9 heteroatoms. The van der Waals surface area contributed by atoms with Crippen LogP contribution in [0.25, 0.3) is 44.5 Å². The van der Waals surface area contributed by atoms with Crippen molar-refractivity contribution in [2.45, 2.75) is 56.6 Å². The summed E-state index contributed by atoms with van der Waals surface area (Å²) in [6, 6.07) is 20.8. The Bertz CT molecular complexity index is 1820. The summed E-state index contributed by atoms with van der Waals surface area (Å²) >= 11 is 0. The molecule has 2 aliphatic heterocycles. The number of aromatic amines is 1. The number of ether oxygens (including phenoxy) is 2. The zero-order chi connectivity index (χ0) is 29.8. The van der Waals surface area contributed by atoms with Crippen LogP contribution in [0.5, 0.6) is 5.75 Å². The molecular formula is C35H31F3N4O2. The molecule has 5 aromatic rings. The lowest BCUT2D eigenvalue weighted by molar-refractivity contribution is -0.274. The van der Waals surface area contributed by atoms with Crippen LogP contribution in [-0.2, 0) is 17.6 Å². The van der Waals surface area contributed by atoms with Crippen molar-refractivity contribution in [3.63, 3.8) is 0 Å². The largest absolute Gasteiger partial charge is 0.573 e. The molecule has 8 rings (SSSR count). The molecule has 224 valence electrons. The number of nitrogens with zero attached hydrogens (tertiary/aromatic N) is 3. The minimum absolute atomic E-state index is 0.135. The van der Waals surface area contributed by atoms with Crippen molar-refractivity contribution in [3.8, 4) is 39.3 Å². The highest BCUT2D eigenvalue weighted by Crippen LogP contribution is 2.39. The first-order chi connectivity index (χ1) is 21.4. The summed E-state index contributed by atoms with van der Waals surface area (Å²) in [5, 5.41) is 0.982. The number of rotatable bonds is 5. The van der Waals surface area contributed by atoms with Gasteiger partial charge in [-0.3, -0.25) is 9.88 Å². The van der Waals surface area contributed by atoms with E-state index in [0.717, 1.165) is 59.3 Å². The van der Waals surface area contributed by atoms with E-state index in [1.165, 1.54) is 48.7 Å². The fraction of sp³-hybridized carbons (Fsp3) is 0.314. The van der Waals surface area contributed by atoms with Gasteiger partial charge >= 0.3 is 6.36 Å². The van der Waals surface area contributed by atoms with Gasteiger partial charge in [-0.25, -0.2) is 4.98 Å². The molecule has 3 aliphatic rings. The number of halogens is 3. The standard InChI is InChI=1S/C35H31F3N4O2/c36-35(37,38)44-32-2-1-13-39-33(32)23-6-4-22(5-7-23)31-18-41-34-30(31)15-26(17-40-34)25-8-3-21-9-11-27(12-10-24(21)14-25)42-28-16-29(42)20-43-19-28/h1-8,13-15,17-18,27-29H,9-12,16,19-20H2,(H,40,41)/t27-,28?,29?/m0/s1. The molecule has 0 spiro atoms. The highest BCUT2D eigenvalue weighted by molar-refractivity contribution is 5.96. The zero-order valence-corrected chi connectivity index (χ0v) is 24.0. The van der Waals surface area contributed by atoms with Crippen LogP contribution >= 0.6 is 0 Å². The molecule has 3 aromatic heterocycles. The number of alkyl halides is 3. The molecule has 1 aliphatic carbocycles. The summed E-state index contributed by atoms with van der Waals surface area (Å²) in [5.74, 6) is -0.331. The van der Waals surface area contributed by atoms with Crippen molar-refractivity contribution in [2.24, 2.45) is 0 Å². The van der Waals surface area contributed by atoms with Crippen LogP contribution in [0, 0.1) is 0 Å². The minimum atomic E-state index is -4.80. The first kappa shape index (κ1) is 27.3. The van der Waals surface area contributed by atoms with Gasteiger partial charge in [0, 0.05) is 58.8 Å². The van der Waals surface area contributed by atoms with Gasteiger partial charge in [-0.05, 0) is 72.6 Å². The first-order valence-corrected chi connectivity index (χ1v) is 15.2. The van der Waals surface area contributed by atoms with E-state index >= 15 is 0 Å². The Kier molecular flexibility index (Phi) is 6.68. The lowest BCUT2D eigenvalue weighted by atomic mass is 9.87. The normalized spacial score (nSPS) is 21.8. The molecule has 0 amide bonds. The Morgan fingerprint density at radius 3 is 2.34 bits per heavy atom. The molecule has 5 heterocycles. The summed E-state index contributed by atoms with van der Waals surface area (Å²) in [7, 11) is 0. The highest BCUT2D eigenvalue weighted by atomic mass is 19.4. The van der Waals surface area contributed by atoms with Crippen LogP contribution in [0.2, 0.25) is 0 Å². The Morgan fingerprint density at radius 1 is 0.818 bits per heavy atom. The maximum absolute atomic E-state index is 12.9. The molecule has 2 fully saturated rings. The second-order valence-electron chi connectivity index (χ2n) is 12.0. The number of hydrogen-bond donors (Lipinski definition) is 1. The Hall–Kier alpha value is -4.21. The molecule has 2 aromatic carbocycles. The van der Waals surface area contributed by atoms with Crippen molar-refractivity contribution in [1.29, 1.82) is 0 Å². The number of benzene rings is 2. The van der Waals surface area contributed by atoms with Gasteiger partial charge in [0.15, 0.2) is 5.75 Å². The molecule has 2 unspecified atom stereocenters. The van der Waals surface area contributed by atoms with Crippen LogP contribution in [-0.4, -0.2) is 57.6 Å². The predicted octanol–water partition coefficient (Wildman–Crippen LogP) is 7.58. The van der Waals surface area contributed by atoms with Crippen LogP contribution in [0.4, 0.5) is 13.2 Å². The third-order valence-electron chi connectivity index (χ3n) is 9.46. The number of fused-ring (bicyclic) bond motifs is 4. The van der Waals surface area contributed by atoms with Gasteiger partial charge in [-0.1, -0.05) is 42.5 Å². The first-order valence-electron chi connectivity index (χ1n) is 15.2. The van der Waals surface area contributed by atoms with Gasteiger partial charge < -0.3 is 14.5 Å². The van der Waals surface area contributed by atoms with E-state index < -0.39 is 6.36 Å². The number of nitrogens with one attached hydrogen (secondary N) is 1. The van der Waals surface area contributed by atoms with Crippen LogP contribution in [0.15, 0.2) is 79.3 Å². The predicted molar refractivity (Wildman–Crippen MR) is 162 cm³/mol. The number of morpholine rings is 1. The molecule has 2 bridgehead atoms. The van der Waals surface area contributed by atoms with Crippen molar-refractivity contribution >= 4 is 11.0 Å². The fourth-order valence-corrected chi connectivity index (χ4v) is 7.35. The lowest BCUT2D eigenvalue weighted by Gasteiger charge is -2.56. The maximum atomic E-state index is 12.9. The van der Waals surface area contributed by atoms with Gasteiger partial charge in [0.1, 0.15) is 11.3 Å². The van der Waals surface area contributed by atoms with Crippen LogP contribution < -0.4 is 4.74 Å². The van der Waals surface area contributed by atoms with Gasteiger partial charge in [0.05, 0.1) is 13.2 Å². The Labute approximate surface area is 252 Å². The van der Waals surface area contributed by atoms with Gasteiger partial charge in [0.25, 0.3) is 0 Å². The SMILES string of the molecule is FC(F)(F)Oc1cccnc1-c1ccc(-c2c[nH]c3ncc(-c4ccc5c(c4)CC[C@@H](N4C6COCC4C6)CC5)cc23)cc1. The minimum Gasteiger partial charge on any atom is -0.403 e. The van der Waals surface area contributed by atoms with Crippen LogP contribution in [0.1, 0.15) is 30.4 Å². The highest BCUT2D eigenvalue weighted by Gasteiger charge is 2.45. The number of aromatic nitrogens is 3. The molecule has 6 nitrogen and oxygen atoms in total. The zero-order valence-electron chi connectivity index (χ0n) is 24.0. The Morgan fingerprint density at radius 2 is 1.57 bits per heavy atom. The molecule has 44 heavy (non-hydrogen) atoms. The number of pyridine rings is 2. The second kappa shape index (κ2) is 10.7. The molecule has 2 saturated heterocycles.